The molecule has 1 aliphatic rings. The predicted octanol–water partition coefficient (Wildman–Crippen LogP) is 5.25. The molecule has 0 aromatic heterocycles. The van der Waals surface area contributed by atoms with Crippen molar-refractivity contribution < 1.29 is 4.39 Å². The second kappa shape index (κ2) is 5.57. The molecule has 3 rings (SSSR count). The van der Waals surface area contributed by atoms with Crippen molar-refractivity contribution in [2.24, 2.45) is 0 Å². The lowest BCUT2D eigenvalue weighted by molar-refractivity contribution is 0.373. The summed E-state index contributed by atoms with van der Waals surface area (Å²) in [7, 11) is 0. The molecule has 2 aromatic carbocycles. The molecule has 3 heteroatoms. The van der Waals surface area contributed by atoms with E-state index in [1.807, 2.05) is 13.0 Å². The van der Waals surface area contributed by atoms with Crippen LogP contribution in [-0.4, -0.2) is 6.04 Å². The van der Waals surface area contributed by atoms with Crippen molar-refractivity contribution in [2.75, 3.05) is 5.32 Å². The van der Waals surface area contributed by atoms with Gasteiger partial charge in [0.15, 0.2) is 0 Å². The quantitative estimate of drug-likeness (QED) is 0.808. The zero-order chi connectivity index (χ0) is 14.1. The smallest absolute Gasteiger partial charge is 0.146 e. The van der Waals surface area contributed by atoms with Crippen LogP contribution >= 0.6 is 15.9 Å². The van der Waals surface area contributed by atoms with Crippen LogP contribution in [0.25, 0.3) is 0 Å². The number of nitrogens with one attached hydrogen (secondary N) is 1. The average Bonchev–Trinajstić information content (AvgIpc) is 2.39. The Morgan fingerprint density at radius 2 is 1.80 bits per heavy atom. The lowest BCUT2D eigenvalue weighted by atomic mass is 9.76. The highest BCUT2D eigenvalue weighted by Crippen LogP contribution is 2.39. The molecule has 1 N–H and O–H groups in total. The normalized spacial score (nSPS) is 21.4. The molecule has 0 atom stereocenters. The van der Waals surface area contributed by atoms with E-state index in [4.69, 9.17) is 0 Å². The summed E-state index contributed by atoms with van der Waals surface area (Å²) in [6.45, 7) is 1.98. The fourth-order valence-electron chi connectivity index (χ4n) is 2.71. The molecule has 0 spiro atoms. The minimum absolute atomic E-state index is 0.164. The molecule has 0 unspecified atom stereocenters. The number of aryl methyl sites for hydroxylation is 1. The van der Waals surface area contributed by atoms with Crippen molar-refractivity contribution in [3.63, 3.8) is 0 Å². The van der Waals surface area contributed by atoms with Gasteiger partial charge in [0, 0.05) is 10.5 Å². The molecule has 0 saturated heterocycles. The Bertz CT molecular complexity index is 603. The highest BCUT2D eigenvalue weighted by molar-refractivity contribution is 9.10. The van der Waals surface area contributed by atoms with Gasteiger partial charge in [-0.25, -0.2) is 4.39 Å². The minimum atomic E-state index is -0.164. The van der Waals surface area contributed by atoms with Gasteiger partial charge < -0.3 is 5.32 Å². The molecule has 1 saturated carbocycles. The molecule has 104 valence electrons. The molecule has 0 bridgehead atoms. The van der Waals surface area contributed by atoms with Crippen LogP contribution in [0.1, 0.15) is 29.9 Å². The van der Waals surface area contributed by atoms with E-state index in [0.29, 0.717) is 17.6 Å². The van der Waals surface area contributed by atoms with Crippen LogP contribution in [0.2, 0.25) is 0 Å². The van der Waals surface area contributed by atoms with Gasteiger partial charge in [-0.05, 0) is 61.1 Å². The Kier molecular flexibility index (Phi) is 3.79. The zero-order valence-corrected chi connectivity index (χ0v) is 13.0. The van der Waals surface area contributed by atoms with E-state index in [-0.39, 0.29) is 5.82 Å². The van der Waals surface area contributed by atoms with Crippen molar-refractivity contribution in [3.8, 4) is 0 Å². The second-order valence-corrected chi connectivity index (χ2v) is 6.46. The number of hydrogen-bond donors (Lipinski definition) is 1. The molecule has 1 aliphatic carbocycles. The summed E-state index contributed by atoms with van der Waals surface area (Å²) in [6, 6.07) is 14.1. The average molecular weight is 334 g/mol. The third kappa shape index (κ3) is 2.88. The number of rotatable bonds is 3. The zero-order valence-electron chi connectivity index (χ0n) is 11.4. The summed E-state index contributed by atoms with van der Waals surface area (Å²) in [6.07, 6.45) is 2.13. The SMILES string of the molecule is Cc1ccc(F)c(NC2CC(c3ccc(Br)cc3)C2)c1. The van der Waals surface area contributed by atoms with Crippen LogP contribution in [0, 0.1) is 12.7 Å². The van der Waals surface area contributed by atoms with Crippen molar-refractivity contribution in [1.82, 2.24) is 0 Å². The molecule has 1 fully saturated rings. The van der Waals surface area contributed by atoms with Crippen LogP contribution in [0.5, 0.6) is 0 Å². The fraction of sp³-hybridized carbons (Fsp3) is 0.294. The maximum atomic E-state index is 13.7. The van der Waals surface area contributed by atoms with Crippen molar-refractivity contribution >= 4 is 21.6 Å². The summed E-state index contributed by atoms with van der Waals surface area (Å²) in [4.78, 5) is 0. The van der Waals surface area contributed by atoms with E-state index in [1.165, 1.54) is 11.6 Å². The third-order valence-electron chi connectivity index (χ3n) is 3.96. The van der Waals surface area contributed by atoms with Gasteiger partial charge in [0.2, 0.25) is 0 Å². The number of hydrogen-bond acceptors (Lipinski definition) is 1. The van der Waals surface area contributed by atoms with Crippen LogP contribution in [-0.2, 0) is 0 Å². The first-order chi connectivity index (χ1) is 9.61. The first kappa shape index (κ1) is 13.6. The highest BCUT2D eigenvalue weighted by atomic mass is 79.9. The van der Waals surface area contributed by atoms with E-state index in [9.17, 15) is 4.39 Å². The van der Waals surface area contributed by atoms with Gasteiger partial charge in [0.05, 0.1) is 5.69 Å². The van der Waals surface area contributed by atoms with E-state index in [2.05, 4.69) is 45.5 Å². The molecule has 0 heterocycles. The van der Waals surface area contributed by atoms with Crippen LogP contribution in [0.15, 0.2) is 46.9 Å². The molecule has 0 amide bonds. The fourth-order valence-corrected chi connectivity index (χ4v) is 2.98. The monoisotopic (exact) mass is 333 g/mol. The van der Waals surface area contributed by atoms with Gasteiger partial charge in [-0.2, -0.15) is 0 Å². The van der Waals surface area contributed by atoms with Crippen LogP contribution in [0.4, 0.5) is 10.1 Å². The molecule has 20 heavy (non-hydrogen) atoms. The van der Waals surface area contributed by atoms with Gasteiger partial charge in [-0.3, -0.25) is 0 Å². The van der Waals surface area contributed by atoms with E-state index in [1.54, 1.807) is 6.07 Å². The summed E-state index contributed by atoms with van der Waals surface area (Å²) < 4.78 is 14.8. The lowest BCUT2D eigenvalue weighted by Gasteiger charge is -2.37. The maximum Gasteiger partial charge on any atom is 0.146 e. The van der Waals surface area contributed by atoms with Gasteiger partial charge in [0.1, 0.15) is 5.82 Å². The summed E-state index contributed by atoms with van der Waals surface area (Å²) in [5.41, 5.74) is 3.08. The minimum Gasteiger partial charge on any atom is -0.380 e. The first-order valence-electron chi connectivity index (χ1n) is 6.90. The highest BCUT2D eigenvalue weighted by Gasteiger charge is 2.30. The number of anilines is 1. The molecular weight excluding hydrogens is 317 g/mol. The van der Waals surface area contributed by atoms with Crippen molar-refractivity contribution in [2.45, 2.75) is 31.7 Å². The molecule has 2 aromatic rings. The van der Waals surface area contributed by atoms with Gasteiger partial charge in [-0.1, -0.05) is 34.1 Å². The Labute approximate surface area is 127 Å². The first-order valence-corrected chi connectivity index (χ1v) is 7.69. The Balaban J connectivity index is 1.60. The van der Waals surface area contributed by atoms with E-state index in [0.717, 1.165) is 22.9 Å². The molecular formula is C17H17BrFN. The Morgan fingerprint density at radius 3 is 2.50 bits per heavy atom. The summed E-state index contributed by atoms with van der Waals surface area (Å²) >= 11 is 3.45. The van der Waals surface area contributed by atoms with Crippen LogP contribution in [0.3, 0.4) is 0 Å². The maximum absolute atomic E-state index is 13.7. The van der Waals surface area contributed by atoms with Crippen molar-refractivity contribution in [1.29, 1.82) is 0 Å². The lowest BCUT2D eigenvalue weighted by Crippen LogP contribution is -2.34. The second-order valence-electron chi connectivity index (χ2n) is 5.54. The summed E-state index contributed by atoms with van der Waals surface area (Å²) in [5, 5.41) is 3.31. The predicted molar refractivity (Wildman–Crippen MR) is 84.7 cm³/mol. The van der Waals surface area contributed by atoms with E-state index >= 15 is 0 Å². The third-order valence-corrected chi connectivity index (χ3v) is 4.49. The molecule has 0 aliphatic heterocycles. The summed E-state index contributed by atoms with van der Waals surface area (Å²) in [5.74, 6) is 0.427. The van der Waals surface area contributed by atoms with Gasteiger partial charge in [-0.15, -0.1) is 0 Å². The largest absolute Gasteiger partial charge is 0.380 e. The Morgan fingerprint density at radius 1 is 1.10 bits per heavy atom. The number of benzene rings is 2. The molecule has 1 nitrogen and oxygen atoms in total. The van der Waals surface area contributed by atoms with E-state index < -0.39 is 0 Å². The topological polar surface area (TPSA) is 12.0 Å². The standard InChI is InChI=1S/C17H17BrFN/c1-11-2-7-16(19)17(8-11)20-15-9-13(10-15)12-3-5-14(18)6-4-12/h2-8,13,15,20H,9-10H2,1H3. The van der Waals surface area contributed by atoms with Crippen LogP contribution < -0.4 is 5.32 Å². The van der Waals surface area contributed by atoms with Gasteiger partial charge >= 0.3 is 0 Å². The Hall–Kier alpha value is -1.35. The van der Waals surface area contributed by atoms with Gasteiger partial charge in [0.25, 0.3) is 0 Å². The number of halogens is 2. The van der Waals surface area contributed by atoms with Crippen molar-refractivity contribution in [3.05, 3.63) is 63.9 Å². The molecule has 0 radical (unpaired) electrons.